The van der Waals surface area contributed by atoms with E-state index in [9.17, 15) is 0 Å². The molecule has 0 bridgehead atoms. The Morgan fingerprint density at radius 2 is 1.26 bits per heavy atom. The molecular weight excluding hydrogens is 292 g/mol. The molecule has 4 fully saturated rings. The molecule has 0 N–H and O–H groups in total. The Hall–Kier alpha value is -0.160. The molecule has 132 valence electrons. The van der Waals surface area contributed by atoms with E-state index in [1.54, 1.807) is 0 Å². The number of hydrogen-bond donors (Lipinski definition) is 0. The Bertz CT molecular complexity index is 441. The molecule has 1 saturated carbocycles. The van der Waals surface area contributed by atoms with Gasteiger partial charge in [0.1, 0.15) is 0 Å². The highest BCUT2D eigenvalue weighted by Crippen LogP contribution is 2.54. The summed E-state index contributed by atoms with van der Waals surface area (Å²) in [5.41, 5.74) is 0. The van der Waals surface area contributed by atoms with Crippen molar-refractivity contribution in [2.45, 2.75) is 89.7 Å². The molecule has 0 aromatic rings. The minimum atomic E-state index is 0.322. The second-order valence-electron chi connectivity index (χ2n) is 8.42. The third-order valence-electron chi connectivity index (χ3n) is 6.85. The number of ether oxygens (including phenoxy) is 4. The highest BCUT2D eigenvalue weighted by Gasteiger charge is 2.58. The van der Waals surface area contributed by atoms with E-state index in [1.807, 2.05) is 7.11 Å². The molecule has 0 aromatic carbocycles. The zero-order chi connectivity index (χ0) is 16.3. The Balaban J connectivity index is 1.51. The molecule has 3 saturated heterocycles. The maximum absolute atomic E-state index is 5.90. The molecular formula is C19H32O4. The number of rotatable bonds is 6. The maximum atomic E-state index is 5.90. The van der Waals surface area contributed by atoms with Crippen LogP contribution >= 0.6 is 0 Å². The fourth-order valence-corrected chi connectivity index (χ4v) is 5.29. The molecule has 1 aliphatic carbocycles. The molecule has 10 unspecified atom stereocenters. The van der Waals surface area contributed by atoms with Gasteiger partial charge in [-0.05, 0) is 70.6 Å². The molecule has 0 amide bonds. The van der Waals surface area contributed by atoms with Crippen LogP contribution in [0.2, 0.25) is 0 Å². The first-order valence-electron chi connectivity index (χ1n) is 9.48. The summed E-state index contributed by atoms with van der Waals surface area (Å²) >= 11 is 0. The number of methoxy groups -OCH3 is 1. The van der Waals surface area contributed by atoms with Gasteiger partial charge < -0.3 is 18.9 Å². The van der Waals surface area contributed by atoms with Crippen molar-refractivity contribution in [2.75, 3.05) is 7.11 Å². The summed E-state index contributed by atoms with van der Waals surface area (Å²) in [6, 6.07) is 0. The van der Waals surface area contributed by atoms with Crippen LogP contribution in [0.3, 0.4) is 0 Å². The zero-order valence-corrected chi connectivity index (χ0v) is 15.1. The molecule has 4 heteroatoms. The third kappa shape index (κ3) is 3.20. The Morgan fingerprint density at radius 3 is 1.70 bits per heavy atom. The van der Waals surface area contributed by atoms with Gasteiger partial charge in [0, 0.05) is 7.11 Å². The van der Waals surface area contributed by atoms with Gasteiger partial charge in [-0.15, -0.1) is 0 Å². The molecule has 11 atom stereocenters. The van der Waals surface area contributed by atoms with Crippen LogP contribution in [0.5, 0.6) is 0 Å². The lowest BCUT2D eigenvalue weighted by Gasteiger charge is -2.41. The van der Waals surface area contributed by atoms with Crippen LogP contribution in [-0.2, 0) is 18.9 Å². The average molecular weight is 324 g/mol. The monoisotopic (exact) mass is 324 g/mol. The van der Waals surface area contributed by atoms with Gasteiger partial charge in [-0.25, -0.2) is 0 Å². The Labute approximate surface area is 140 Å². The topological polar surface area (TPSA) is 46.8 Å². The van der Waals surface area contributed by atoms with Gasteiger partial charge in [0.25, 0.3) is 0 Å². The van der Waals surface area contributed by atoms with Crippen molar-refractivity contribution in [1.29, 1.82) is 0 Å². The fourth-order valence-electron chi connectivity index (χ4n) is 5.29. The van der Waals surface area contributed by atoms with E-state index < -0.39 is 0 Å². The van der Waals surface area contributed by atoms with Crippen LogP contribution in [0.4, 0.5) is 0 Å². The second-order valence-corrected chi connectivity index (χ2v) is 8.42. The first-order valence-corrected chi connectivity index (χ1v) is 9.48. The van der Waals surface area contributed by atoms with Gasteiger partial charge in [-0.3, -0.25) is 0 Å². The summed E-state index contributed by atoms with van der Waals surface area (Å²) in [7, 11) is 1.82. The van der Waals surface area contributed by atoms with Crippen molar-refractivity contribution in [3.05, 3.63) is 0 Å². The Morgan fingerprint density at radius 1 is 0.826 bits per heavy atom. The fraction of sp³-hybridized carbons (Fsp3) is 1.00. The standard InChI is InChI=1S/C19H32O4/c1-9(20-5)6-13-7-15(18-11(3)22-18)16(19-12(4)23-19)8-14(13)17-10(2)21-17/h9-19H,6-8H2,1-5H3/t9?,10?,11?,12-,13?,14?,15?,16?,17?,18?,19?/m1/s1. The summed E-state index contributed by atoms with van der Waals surface area (Å²) in [4.78, 5) is 0. The van der Waals surface area contributed by atoms with E-state index in [0.29, 0.717) is 66.4 Å². The highest BCUT2D eigenvalue weighted by atomic mass is 16.6. The molecule has 4 nitrogen and oxygen atoms in total. The van der Waals surface area contributed by atoms with Gasteiger partial charge in [0.2, 0.25) is 0 Å². The minimum absolute atomic E-state index is 0.322. The van der Waals surface area contributed by atoms with Crippen LogP contribution in [0, 0.1) is 23.7 Å². The van der Waals surface area contributed by atoms with E-state index in [0.717, 1.165) is 6.42 Å². The van der Waals surface area contributed by atoms with Gasteiger partial charge in [0.05, 0.1) is 42.7 Å². The van der Waals surface area contributed by atoms with E-state index >= 15 is 0 Å². The van der Waals surface area contributed by atoms with Crippen molar-refractivity contribution in [1.82, 2.24) is 0 Å². The summed E-state index contributed by atoms with van der Waals surface area (Å²) < 4.78 is 23.2. The number of hydrogen-bond acceptors (Lipinski definition) is 4. The predicted molar refractivity (Wildman–Crippen MR) is 87.3 cm³/mol. The van der Waals surface area contributed by atoms with Crippen LogP contribution in [0.25, 0.3) is 0 Å². The normalized spacial score (nSPS) is 56.2. The van der Waals surface area contributed by atoms with Gasteiger partial charge in [-0.1, -0.05) is 0 Å². The lowest BCUT2D eigenvalue weighted by atomic mass is 9.63. The molecule has 23 heavy (non-hydrogen) atoms. The van der Waals surface area contributed by atoms with Gasteiger partial charge in [-0.2, -0.15) is 0 Å². The molecule has 0 spiro atoms. The van der Waals surface area contributed by atoms with Crippen molar-refractivity contribution in [3.63, 3.8) is 0 Å². The highest BCUT2D eigenvalue weighted by molar-refractivity contribution is 5.06. The largest absolute Gasteiger partial charge is 0.382 e. The Kier molecular flexibility index (Phi) is 4.24. The first-order chi connectivity index (χ1) is 11.0. The summed E-state index contributed by atoms with van der Waals surface area (Å²) in [5.74, 6) is 2.65. The van der Waals surface area contributed by atoms with Crippen LogP contribution in [0.1, 0.15) is 47.0 Å². The minimum Gasteiger partial charge on any atom is -0.382 e. The number of epoxide rings is 3. The first kappa shape index (κ1) is 16.3. The maximum Gasteiger partial charge on any atom is 0.0870 e. The van der Waals surface area contributed by atoms with E-state index in [-0.39, 0.29) is 0 Å². The predicted octanol–water partition coefficient (Wildman–Crippen LogP) is 3.03. The molecule has 4 rings (SSSR count). The van der Waals surface area contributed by atoms with E-state index in [4.69, 9.17) is 18.9 Å². The summed E-state index contributed by atoms with van der Waals surface area (Å²) in [5, 5.41) is 0. The van der Waals surface area contributed by atoms with Crippen LogP contribution < -0.4 is 0 Å². The third-order valence-corrected chi connectivity index (χ3v) is 6.85. The summed E-state index contributed by atoms with van der Waals surface area (Å²) in [6.07, 6.45) is 6.62. The van der Waals surface area contributed by atoms with E-state index in [2.05, 4.69) is 27.7 Å². The van der Waals surface area contributed by atoms with Gasteiger partial charge >= 0.3 is 0 Å². The molecule has 4 aliphatic rings. The van der Waals surface area contributed by atoms with Crippen molar-refractivity contribution in [3.8, 4) is 0 Å². The van der Waals surface area contributed by atoms with Gasteiger partial charge in [0.15, 0.2) is 0 Å². The second kappa shape index (κ2) is 5.98. The smallest absolute Gasteiger partial charge is 0.0870 e. The lowest BCUT2D eigenvalue weighted by molar-refractivity contribution is 0.0187. The van der Waals surface area contributed by atoms with Crippen LogP contribution in [-0.4, -0.2) is 49.8 Å². The van der Waals surface area contributed by atoms with E-state index in [1.165, 1.54) is 12.8 Å². The molecule has 0 radical (unpaired) electrons. The van der Waals surface area contributed by atoms with Crippen molar-refractivity contribution < 1.29 is 18.9 Å². The van der Waals surface area contributed by atoms with Crippen LogP contribution in [0.15, 0.2) is 0 Å². The molecule has 3 aliphatic heterocycles. The SMILES string of the molecule is COC(C)CC1CC(C2OC2C)C(C2O[C@@H]2C)CC1C1OC1C. The average Bonchev–Trinajstić information content (AvgIpc) is 3.43. The molecule has 3 heterocycles. The van der Waals surface area contributed by atoms with Crippen molar-refractivity contribution in [2.24, 2.45) is 23.7 Å². The lowest BCUT2D eigenvalue weighted by Crippen LogP contribution is -2.41. The quantitative estimate of drug-likeness (QED) is 0.705. The zero-order valence-electron chi connectivity index (χ0n) is 15.1. The molecule has 0 aromatic heterocycles. The summed E-state index contributed by atoms with van der Waals surface area (Å²) in [6.45, 7) is 8.83. The van der Waals surface area contributed by atoms with Crippen molar-refractivity contribution >= 4 is 0 Å².